The molecule has 1 aromatic carbocycles. The Bertz CT molecular complexity index is 456. The van der Waals surface area contributed by atoms with Crippen molar-refractivity contribution in [3.8, 4) is 0 Å². The highest BCUT2D eigenvalue weighted by Crippen LogP contribution is 2.35. The second-order valence-electron chi connectivity index (χ2n) is 5.48. The minimum atomic E-state index is 0.332. The minimum Gasteiger partial charge on any atom is -0.330 e. The van der Waals surface area contributed by atoms with Crippen molar-refractivity contribution < 1.29 is 4.79 Å². The van der Waals surface area contributed by atoms with E-state index in [9.17, 15) is 4.79 Å². The van der Waals surface area contributed by atoms with Gasteiger partial charge in [0.25, 0.3) is 0 Å². The zero-order valence-electron chi connectivity index (χ0n) is 11.4. The van der Waals surface area contributed by atoms with Gasteiger partial charge in [0.2, 0.25) is 0 Å². The van der Waals surface area contributed by atoms with E-state index in [4.69, 9.17) is 5.73 Å². The largest absolute Gasteiger partial charge is 0.330 e. The Labute approximate surface area is 109 Å². The molecule has 1 saturated heterocycles. The summed E-state index contributed by atoms with van der Waals surface area (Å²) in [7, 11) is 2.12. The third-order valence-electron chi connectivity index (χ3n) is 4.15. The van der Waals surface area contributed by atoms with Crippen LogP contribution in [0, 0.1) is 19.8 Å². The third kappa shape index (κ3) is 2.33. The van der Waals surface area contributed by atoms with Crippen LogP contribution in [0.25, 0.3) is 0 Å². The smallest absolute Gasteiger partial charge is 0.150 e. The molecule has 1 aliphatic rings. The van der Waals surface area contributed by atoms with Gasteiger partial charge < -0.3 is 5.73 Å². The molecule has 0 radical (unpaired) electrons. The zero-order chi connectivity index (χ0) is 13.3. The number of carbonyl (C=O) groups excluding carboxylic acids is 1. The van der Waals surface area contributed by atoms with E-state index >= 15 is 0 Å². The van der Waals surface area contributed by atoms with Gasteiger partial charge >= 0.3 is 0 Å². The van der Waals surface area contributed by atoms with Crippen molar-refractivity contribution in [3.63, 3.8) is 0 Å². The van der Waals surface area contributed by atoms with Gasteiger partial charge in [0, 0.05) is 18.2 Å². The van der Waals surface area contributed by atoms with Gasteiger partial charge in [-0.25, -0.2) is 0 Å². The molecule has 1 heterocycles. The highest BCUT2D eigenvalue weighted by atomic mass is 16.1. The number of likely N-dealkylation sites (tertiary alicyclic amines) is 1. The van der Waals surface area contributed by atoms with Crippen molar-refractivity contribution >= 4 is 6.29 Å². The normalized spacial score (nSPS) is 24.4. The van der Waals surface area contributed by atoms with Crippen LogP contribution in [0.3, 0.4) is 0 Å². The van der Waals surface area contributed by atoms with Gasteiger partial charge in [0.05, 0.1) is 0 Å². The van der Waals surface area contributed by atoms with Crippen molar-refractivity contribution in [1.82, 2.24) is 4.90 Å². The van der Waals surface area contributed by atoms with Crippen LogP contribution in [0.1, 0.15) is 39.5 Å². The number of rotatable bonds is 3. The van der Waals surface area contributed by atoms with Crippen molar-refractivity contribution in [1.29, 1.82) is 0 Å². The van der Waals surface area contributed by atoms with Gasteiger partial charge in [0.15, 0.2) is 0 Å². The number of aryl methyl sites for hydroxylation is 2. The zero-order valence-corrected chi connectivity index (χ0v) is 11.4. The Hall–Kier alpha value is -1.19. The van der Waals surface area contributed by atoms with Crippen LogP contribution >= 0.6 is 0 Å². The molecule has 2 atom stereocenters. The number of benzene rings is 1. The molecule has 2 unspecified atom stereocenters. The van der Waals surface area contributed by atoms with Crippen molar-refractivity contribution in [3.05, 3.63) is 34.4 Å². The van der Waals surface area contributed by atoms with E-state index in [1.807, 2.05) is 13.0 Å². The molecule has 1 aromatic rings. The number of hydrogen-bond acceptors (Lipinski definition) is 3. The van der Waals surface area contributed by atoms with Crippen molar-refractivity contribution in [2.45, 2.75) is 26.3 Å². The first-order chi connectivity index (χ1) is 8.56. The first kappa shape index (κ1) is 13.2. The molecule has 18 heavy (non-hydrogen) atoms. The Morgan fingerprint density at radius 1 is 1.39 bits per heavy atom. The number of aldehydes is 1. The highest BCUT2D eigenvalue weighted by molar-refractivity contribution is 5.78. The van der Waals surface area contributed by atoms with Crippen LogP contribution in [0.4, 0.5) is 0 Å². The van der Waals surface area contributed by atoms with Gasteiger partial charge in [-0.15, -0.1) is 0 Å². The van der Waals surface area contributed by atoms with Gasteiger partial charge in [0.1, 0.15) is 6.29 Å². The van der Waals surface area contributed by atoms with Gasteiger partial charge in [-0.05, 0) is 62.5 Å². The van der Waals surface area contributed by atoms with Gasteiger partial charge in [-0.3, -0.25) is 9.69 Å². The summed E-state index contributed by atoms with van der Waals surface area (Å²) < 4.78 is 0. The van der Waals surface area contributed by atoms with Crippen LogP contribution in [0.15, 0.2) is 12.1 Å². The maximum absolute atomic E-state index is 11.3. The molecule has 98 valence electrons. The Kier molecular flexibility index (Phi) is 3.83. The maximum Gasteiger partial charge on any atom is 0.150 e. The molecule has 2 rings (SSSR count). The van der Waals surface area contributed by atoms with Crippen LogP contribution in [-0.4, -0.2) is 31.3 Å². The molecule has 1 fully saturated rings. The molecule has 3 heteroatoms. The van der Waals surface area contributed by atoms with E-state index in [2.05, 4.69) is 24.9 Å². The summed E-state index contributed by atoms with van der Waals surface area (Å²) in [6.45, 7) is 5.89. The summed E-state index contributed by atoms with van der Waals surface area (Å²) >= 11 is 0. The fraction of sp³-hybridized carbons (Fsp3) is 0.533. The molecule has 0 bridgehead atoms. The molecule has 0 aromatic heterocycles. The quantitative estimate of drug-likeness (QED) is 0.830. The Morgan fingerprint density at radius 3 is 2.61 bits per heavy atom. The average molecular weight is 246 g/mol. The van der Waals surface area contributed by atoms with E-state index < -0.39 is 0 Å². The predicted molar refractivity (Wildman–Crippen MR) is 73.8 cm³/mol. The lowest BCUT2D eigenvalue weighted by molar-refractivity contribution is 0.112. The third-order valence-corrected chi connectivity index (χ3v) is 4.15. The lowest BCUT2D eigenvalue weighted by Crippen LogP contribution is -2.21. The standard InChI is InChI=1S/C15H22N2O/c1-10-4-13(9-18)14(5-11(10)2)15-6-12(7-16)8-17(15)3/h4-5,9,12,15H,6-8,16H2,1-3H3. The number of nitrogens with two attached hydrogens (primary N) is 1. The molecule has 0 spiro atoms. The second kappa shape index (κ2) is 5.21. The lowest BCUT2D eigenvalue weighted by Gasteiger charge is -2.22. The maximum atomic E-state index is 11.3. The first-order valence-corrected chi connectivity index (χ1v) is 6.53. The molecule has 0 aliphatic carbocycles. The second-order valence-corrected chi connectivity index (χ2v) is 5.48. The Balaban J connectivity index is 2.38. The van der Waals surface area contributed by atoms with Crippen LogP contribution < -0.4 is 5.73 Å². The molecule has 2 N–H and O–H groups in total. The number of carbonyl (C=O) groups is 1. The van der Waals surface area contributed by atoms with Crippen LogP contribution in [-0.2, 0) is 0 Å². The van der Waals surface area contributed by atoms with Crippen molar-refractivity contribution in [2.24, 2.45) is 11.7 Å². The summed E-state index contributed by atoms with van der Waals surface area (Å²) in [5.41, 5.74) is 10.2. The van der Waals surface area contributed by atoms with Gasteiger partial charge in [-0.1, -0.05) is 6.07 Å². The summed E-state index contributed by atoms with van der Waals surface area (Å²) in [5.74, 6) is 0.543. The van der Waals surface area contributed by atoms with E-state index in [1.165, 1.54) is 11.1 Å². The summed E-state index contributed by atoms with van der Waals surface area (Å²) in [6.07, 6.45) is 2.03. The van der Waals surface area contributed by atoms with E-state index in [1.54, 1.807) is 0 Å². The number of nitrogens with zero attached hydrogens (tertiary/aromatic N) is 1. The highest BCUT2D eigenvalue weighted by Gasteiger charge is 2.31. The minimum absolute atomic E-state index is 0.332. The van der Waals surface area contributed by atoms with E-state index in [-0.39, 0.29) is 0 Å². The summed E-state index contributed by atoms with van der Waals surface area (Å²) in [4.78, 5) is 13.6. The first-order valence-electron chi connectivity index (χ1n) is 6.53. The Morgan fingerprint density at radius 2 is 2.06 bits per heavy atom. The molecule has 3 nitrogen and oxygen atoms in total. The molecule has 0 saturated carbocycles. The molecular formula is C15H22N2O. The summed E-state index contributed by atoms with van der Waals surface area (Å²) in [6, 6.07) is 4.50. The van der Waals surface area contributed by atoms with Crippen LogP contribution in [0.2, 0.25) is 0 Å². The van der Waals surface area contributed by atoms with Crippen molar-refractivity contribution in [2.75, 3.05) is 20.1 Å². The number of hydrogen-bond donors (Lipinski definition) is 1. The molecule has 1 aliphatic heterocycles. The molecule has 0 amide bonds. The fourth-order valence-corrected chi connectivity index (χ4v) is 2.89. The predicted octanol–water partition coefficient (Wildman–Crippen LogP) is 2.07. The fourth-order valence-electron chi connectivity index (χ4n) is 2.89. The van der Waals surface area contributed by atoms with Crippen LogP contribution in [0.5, 0.6) is 0 Å². The van der Waals surface area contributed by atoms with Gasteiger partial charge in [-0.2, -0.15) is 0 Å². The topological polar surface area (TPSA) is 46.3 Å². The average Bonchev–Trinajstić information content (AvgIpc) is 2.73. The monoisotopic (exact) mass is 246 g/mol. The van der Waals surface area contributed by atoms with E-state index in [0.29, 0.717) is 12.0 Å². The SMILES string of the molecule is Cc1cc(C=O)c(C2CC(CN)CN2C)cc1C. The lowest BCUT2D eigenvalue weighted by atomic mass is 9.92. The summed E-state index contributed by atoms with van der Waals surface area (Å²) in [5, 5.41) is 0. The molecular weight excluding hydrogens is 224 g/mol. The van der Waals surface area contributed by atoms with E-state index in [0.717, 1.165) is 36.9 Å².